The molecule has 0 saturated heterocycles. The van der Waals surface area contributed by atoms with Crippen molar-refractivity contribution in [3.8, 4) is 0 Å². The van der Waals surface area contributed by atoms with Gasteiger partial charge in [-0.05, 0) is 25.7 Å². The fraction of sp³-hybridized carbons (Fsp3) is 0.462. The number of primary amides is 1. The predicted molar refractivity (Wildman–Crippen MR) is 81.9 cm³/mol. The number of thiazole rings is 1. The van der Waals surface area contributed by atoms with Crippen LogP contribution in [0.3, 0.4) is 0 Å². The Morgan fingerprint density at radius 3 is 3.05 bits per heavy atom. The van der Waals surface area contributed by atoms with E-state index in [4.69, 9.17) is 5.73 Å². The van der Waals surface area contributed by atoms with E-state index in [9.17, 15) is 9.59 Å². The Kier molecular flexibility index (Phi) is 5.19. The Balaban J connectivity index is 1.88. The van der Waals surface area contributed by atoms with E-state index < -0.39 is 0 Å². The van der Waals surface area contributed by atoms with Crippen LogP contribution in [0.15, 0.2) is 16.4 Å². The van der Waals surface area contributed by atoms with E-state index in [0.717, 1.165) is 22.7 Å². The molecule has 0 fully saturated rings. The number of nitrogens with one attached hydrogen (secondary N) is 1. The summed E-state index contributed by atoms with van der Waals surface area (Å²) >= 11 is 2.74. The molecule has 2 amide bonds. The zero-order valence-corrected chi connectivity index (χ0v) is 12.9. The molecule has 0 unspecified atom stereocenters. The summed E-state index contributed by atoms with van der Waals surface area (Å²) < 4.78 is 0.917. The number of rotatable bonds is 6. The molecule has 0 aliphatic heterocycles. The number of nitrogens with two attached hydrogens (primary N) is 1. The minimum Gasteiger partial charge on any atom is -0.369 e. The van der Waals surface area contributed by atoms with Crippen molar-refractivity contribution in [1.29, 1.82) is 0 Å². The number of carbonyl (C=O) groups is 2. The van der Waals surface area contributed by atoms with E-state index in [0.29, 0.717) is 17.5 Å². The largest absolute Gasteiger partial charge is 0.369 e. The maximum absolute atomic E-state index is 11.9. The molecule has 2 rings (SSSR count). The Labute approximate surface area is 126 Å². The number of aryl methyl sites for hydroxylation is 1. The molecule has 1 aliphatic rings. The number of thioether (sulfide) groups is 1. The van der Waals surface area contributed by atoms with Crippen LogP contribution in [-0.2, 0) is 9.59 Å². The monoisotopic (exact) mass is 311 g/mol. The van der Waals surface area contributed by atoms with Crippen LogP contribution in [0, 0.1) is 12.8 Å². The molecule has 7 heteroatoms. The normalized spacial score (nSPS) is 17.4. The molecule has 5 nitrogen and oxygen atoms in total. The van der Waals surface area contributed by atoms with Gasteiger partial charge in [0.25, 0.3) is 0 Å². The van der Waals surface area contributed by atoms with Crippen LogP contribution in [0.4, 0.5) is 5.13 Å². The van der Waals surface area contributed by atoms with E-state index in [-0.39, 0.29) is 17.6 Å². The third-order valence-corrected chi connectivity index (χ3v) is 5.36. The van der Waals surface area contributed by atoms with Crippen LogP contribution in [0.1, 0.15) is 25.0 Å². The minimum absolute atomic E-state index is 0.0123. The van der Waals surface area contributed by atoms with Gasteiger partial charge in [-0.1, -0.05) is 23.5 Å². The fourth-order valence-electron chi connectivity index (χ4n) is 1.98. The van der Waals surface area contributed by atoms with Gasteiger partial charge in [-0.15, -0.1) is 11.8 Å². The van der Waals surface area contributed by atoms with Gasteiger partial charge in [-0.2, -0.15) is 0 Å². The standard InChI is InChI=1S/C13H17N3O2S2/c1-8-12(19-7-10(14)17)20-13(15-8)16-11(18)6-9-4-2-3-5-9/h2,4,9H,3,5-7H2,1H3,(H2,14,17)(H,15,16,18)/t9-/m1/s1. The molecule has 0 radical (unpaired) electrons. The first-order chi connectivity index (χ1) is 9.54. The lowest BCUT2D eigenvalue weighted by Crippen LogP contribution is -2.14. The first-order valence-electron chi connectivity index (χ1n) is 6.39. The van der Waals surface area contributed by atoms with Crippen LogP contribution < -0.4 is 11.1 Å². The van der Waals surface area contributed by atoms with Crippen molar-refractivity contribution >= 4 is 40.0 Å². The molecule has 108 valence electrons. The summed E-state index contributed by atoms with van der Waals surface area (Å²) in [6, 6.07) is 0. The molecular weight excluding hydrogens is 294 g/mol. The van der Waals surface area contributed by atoms with Gasteiger partial charge in [0.2, 0.25) is 11.8 Å². The van der Waals surface area contributed by atoms with E-state index in [1.165, 1.54) is 23.1 Å². The first-order valence-corrected chi connectivity index (χ1v) is 8.20. The quantitative estimate of drug-likeness (QED) is 0.623. The summed E-state index contributed by atoms with van der Waals surface area (Å²) in [4.78, 5) is 27.0. The van der Waals surface area contributed by atoms with Gasteiger partial charge in [0.1, 0.15) is 0 Å². The molecule has 0 saturated carbocycles. The second-order valence-electron chi connectivity index (χ2n) is 4.66. The lowest BCUT2D eigenvalue weighted by Gasteiger charge is -2.06. The van der Waals surface area contributed by atoms with Crippen molar-refractivity contribution in [2.75, 3.05) is 11.1 Å². The highest BCUT2D eigenvalue weighted by molar-refractivity contribution is 8.01. The number of anilines is 1. The number of hydrogen-bond acceptors (Lipinski definition) is 5. The number of allylic oxidation sites excluding steroid dienone is 2. The second kappa shape index (κ2) is 6.90. The van der Waals surface area contributed by atoms with Crippen LogP contribution in [0.5, 0.6) is 0 Å². The van der Waals surface area contributed by atoms with Gasteiger partial charge in [0.05, 0.1) is 15.7 Å². The summed E-state index contributed by atoms with van der Waals surface area (Å²) in [6.07, 6.45) is 6.82. The fourth-order valence-corrected chi connectivity index (χ4v) is 3.87. The number of carbonyl (C=O) groups excluding carboxylic acids is 2. The Bertz CT molecular complexity index is 540. The van der Waals surface area contributed by atoms with Gasteiger partial charge < -0.3 is 11.1 Å². The molecule has 0 aromatic carbocycles. The third-order valence-electron chi connectivity index (χ3n) is 2.91. The predicted octanol–water partition coefficient (Wildman–Crippen LogP) is 2.32. The summed E-state index contributed by atoms with van der Waals surface area (Å²) in [5, 5.41) is 3.41. The average Bonchev–Trinajstić information content (AvgIpc) is 2.97. The van der Waals surface area contributed by atoms with E-state index >= 15 is 0 Å². The molecule has 1 atom stereocenters. The Hall–Kier alpha value is -1.34. The van der Waals surface area contributed by atoms with Gasteiger partial charge in [0.15, 0.2) is 5.13 Å². The van der Waals surface area contributed by atoms with Crippen molar-refractivity contribution < 1.29 is 9.59 Å². The molecule has 1 aromatic rings. The molecule has 1 aliphatic carbocycles. The molecular formula is C13H17N3O2S2. The van der Waals surface area contributed by atoms with Crippen molar-refractivity contribution in [2.24, 2.45) is 11.7 Å². The van der Waals surface area contributed by atoms with Gasteiger partial charge in [0, 0.05) is 6.42 Å². The summed E-state index contributed by atoms with van der Waals surface area (Å²) in [5.41, 5.74) is 5.93. The lowest BCUT2D eigenvalue weighted by molar-refractivity contribution is -0.117. The minimum atomic E-state index is -0.360. The summed E-state index contributed by atoms with van der Waals surface area (Å²) in [5.74, 6) is 0.200. The number of nitrogens with zero attached hydrogens (tertiary/aromatic N) is 1. The molecule has 20 heavy (non-hydrogen) atoms. The molecule has 3 N–H and O–H groups in total. The van der Waals surface area contributed by atoms with E-state index in [2.05, 4.69) is 22.5 Å². The van der Waals surface area contributed by atoms with Crippen molar-refractivity contribution in [2.45, 2.75) is 30.4 Å². The smallest absolute Gasteiger partial charge is 0.227 e. The highest BCUT2D eigenvalue weighted by Gasteiger charge is 2.16. The summed E-state index contributed by atoms with van der Waals surface area (Å²) in [6.45, 7) is 1.86. The highest BCUT2D eigenvalue weighted by atomic mass is 32.2. The number of amides is 2. The molecule has 1 heterocycles. The highest BCUT2D eigenvalue weighted by Crippen LogP contribution is 2.32. The Morgan fingerprint density at radius 2 is 2.40 bits per heavy atom. The maximum atomic E-state index is 11.9. The topological polar surface area (TPSA) is 85.1 Å². The summed E-state index contributed by atoms with van der Waals surface area (Å²) in [7, 11) is 0. The SMILES string of the molecule is Cc1nc(NC(=O)C[C@@H]2C=CCC2)sc1SCC(N)=O. The van der Waals surface area contributed by atoms with Crippen molar-refractivity contribution in [3.63, 3.8) is 0 Å². The second-order valence-corrected chi connectivity index (χ2v) is 6.91. The third kappa shape index (κ3) is 4.35. The van der Waals surface area contributed by atoms with Crippen molar-refractivity contribution in [3.05, 3.63) is 17.8 Å². The maximum Gasteiger partial charge on any atom is 0.227 e. The number of aromatic nitrogens is 1. The van der Waals surface area contributed by atoms with Crippen LogP contribution >= 0.6 is 23.1 Å². The van der Waals surface area contributed by atoms with Crippen molar-refractivity contribution in [1.82, 2.24) is 4.98 Å². The molecule has 0 spiro atoms. The lowest BCUT2D eigenvalue weighted by atomic mass is 10.1. The number of hydrogen-bond donors (Lipinski definition) is 2. The zero-order chi connectivity index (χ0) is 14.5. The zero-order valence-electron chi connectivity index (χ0n) is 11.2. The van der Waals surface area contributed by atoms with Gasteiger partial charge in [-0.25, -0.2) is 4.98 Å². The molecule has 0 bridgehead atoms. The average molecular weight is 311 g/mol. The molecule has 1 aromatic heterocycles. The van der Waals surface area contributed by atoms with Gasteiger partial charge >= 0.3 is 0 Å². The first kappa shape index (κ1) is 15.1. The van der Waals surface area contributed by atoms with E-state index in [1.807, 2.05) is 6.92 Å². The van der Waals surface area contributed by atoms with E-state index in [1.54, 1.807) is 0 Å². The Morgan fingerprint density at radius 1 is 1.60 bits per heavy atom. The van der Waals surface area contributed by atoms with Crippen LogP contribution in [0.2, 0.25) is 0 Å². The van der Waals surface area contributed by atoms with Gasteiger partial charge in [-0.3, -0.25) is 9.59 Å². The van der Waals surface area contributed by atoms with Crippen LogP contribution in [0.25, 0.3) is 0 Å². The van der Waals surface area contributed by atoms with Crippen LogP contribution in [-0.4, -0.2) is 22.6 Å².